The summed E-state index contributed by atoms with van der Waals surface area (Å²) in [5, 5.41) is 1.45. The number of benzene rings is 6. The number of fused-ring (bicyclic) bond motifs is 1. The molecule has 0 bridgehead atoms. The predicted molar refractivity (Wildman–Crippen MR) is 232 cm³/mol. The summed E-state index contributed by atoms with van der Waals surface area (Å²) in [5.41, 5.74) is -27.5. The highest BCUT2D eigenvalue weighted by atomic mass is 32.1. The molecule has 0 aliphatic carbocycles. The number of para-hydroxylation sites is 1. The van der Waals surface area contributed by atoms with Gasteiger partial charge in [0.2, 0.25) is 10.5 Å². The zero-order chi connectivity index (χ0) is 57.2. The van der Waals surface area contributed by atoms with E-state index < -0.39 is 195 Å². The first-order valence-corrected chi connectivity index (χ1v) is 22.1. The molecule has 7 rings (SSSR count). The lowest BCUT2D eigenvalue weighted by atomic mass is 9.12. The molecule has 0 saturated heterocycles. The predicted octanol–water partition coefficient (Wildman–Crippen LogP) is 15.6. The molecule has 0 radical (unpaired) electrons. The van der Waals surface area contributed by atoms with Gasteiger partial charge in [0.1, 0.15) is 10.8 Å². The summed E-state index contributed by atoms with van der Waals surface area (Å²) >= 11 is 1.91. The number of halogens is 24. The van der Waals surface area contributed by atoms with Gasteiger partial charge >= 0.3 is 49.4 Å². The molecular formula is C49H30BF24NS. The van der Waals surface area contributed by atoms with Crippen LogP contribution < -0.4 is 26.4 Å². The molecule has 0 atom stereocenters. The van der Waals surface area contributed by atoms with Gasteiger partial charge in [-0.05, 0) is 30.3 Å². The number of aromatic nitrogens is 1. The second-order valence-electron chi connectivity index (χ2n) is 17.4. The Balaban J connectivity index is 0.000000408. The van der Waals surface area contributed by atoms with Gasteiger partial charge < -0.3 is 0 Å². The van der Waals surface area contributed by atoms with Crippen molar-refractivity contribution in [2.75, 3.05) is 0 Å². The topological polar surface area (TPSA) is 3.88 Å². The number of thiazole rings is 1. The van der Waals surface area contributed by atoms with E-state index in [9.17, 15) is 105 Å². The summed E-state index contributed by atoms with van der Waals surface area (Å²) in [6, 6.07) is 10.6. The van der Waals surface area contributed by atoms with Crippen LogP contribution >= 0.6 is 11.3 Å². The van der Waals surface area contributed by atoms with E-state index >= 15 is 0 Å². The fourth-order valence-corrected chi connectivity index (χ4v) is 9.65. The van der Waals surface area contributed by atoms with E-state index in [4.69, 9.17) is 0 Å². The Bertz CT molecular complexity index is 2770. The van der Waals surface area contributed by atoms with Crippen molar-refractivity contribution in [3.8, 4) is 0 Å². The molecule has 0 aliphatic heterocycles. The van der Waals surface area contributed by atoms with Crippen molar-refractivity contribution in [1.82, 2.24) is 0 Å². The molecule has 7 aromatic rings. The highest BCUT2D eigenvalue weighted by molar-refractivity contribution is 7.20. The minimum atomic E-state index is -6.13. The molecule has 0 aliphatic rings. The van der Waals surface area contributed by atoms with Gasteiger partial charge in [0.25, 0.3) is 0 Å². The minimum absolute atomic E-state index is 0.557. The number of alkyl halides is 24. The van der Waals surface area contributed by atoms with E-state index in [0.29, 0.717) is 5.92 Å². The number of hydrogen-bond acceptors (Lipinski definition) is 1. The average Bonchev–Trinajstić information content (AvgIpc) is 3.65. The first kappa shape index (κ1) is 58.8. The average molecular weight is 1130 g/mol. The number of rotatable bonds is 7. The van der Waals surface area contributed by atoms with Gasteiger partial charge in [-0.25, -0.2) is 0 Å². The molecule has 6 aromatic carbocycles. The Labute approximate surface area is 416 Å². The number of nitrogens with zero attached hydrogens (tertiary/aromatic N) is 1. The maximum atomic E-state index is 14.2. The van der Waals surface area contributed by atoms with Gasteiger partial charge in [-0.2, -0.15) is 132 Å². The molecule has 76 heavy (non-hydrogen) atoms. The standard InChI is InChI=1S/C32H12BF24.C17H18NS/c34-25(35,36)13-1-14(26(37,38)39)6-21(5-13)33(22-7-15(27(40,41)42)2-16(8-22)28(43,44)45,23-9-17(29(46,47)48)3-18(10-23)30(49,50)51)24-11-19(31(52,53)54)4-20(12-24)32(55,56)57;1-13(2)17-18(12-14-8-4-3-5-9-14)15-10-6-7-11-16(15)19-17/h1-12H;3-11,13H,12H2,1-2H3/q-1;+1. The van der Waals surface area contributed by atoms with E-state index in [2.05, 4.69) is 73.0 Å². The largest absolute Gasteiger partial charge is 0.416 e. The third-order valence-electron chi connectivity index (χ3n) is 11.8. The van der Waals surface area contributed by atoms with Crippen molar-refractivity contribution in [2.45, 2.75) is 75.7 Å². The number of hydrogen-bond donors (Lipinski definition) is 0. The van der Waals surface area contributed by atoms with Crippen LogP contribution in [0.1, 0.15) is 74.8 Å². The molecule has 0 saturated carbocycles. The van der Waals surface area contributed by atoms with Crippen LogP contribution in [0.3, 0.4) is 0 Å². The Hall–Kier alpha value is -6.41. The molecule has 1 nitrogen and oxygen atoms in total. The molecule has 0 unspecified atom stereocenters. The summed E-state index contributed by atoms with van der Waals surface area (Å²) < 4.78 is 345. The van der Waals surface area contributed by atoms with Gasteiger partial charge in [-0.3, -0.25) is 0 Å². The van der Waals surface area contributed by atoms with Crippen LogP contribution in [0, 0.1) is 0 Å². The molecule has 1 heterocycles. The summed E-state index contributed by atoms with van der Waals surface area (Å²) in [4.78, 5) is 0. The minimum Gasteiger partial charge on any atom is -0.194 e. The molecule has 0 fully saturated rings. The second-order valence-corrected chi connectivity index (χ2v) is 18.4. The van der Waals surface area contributed by atoms with Gasteiger partial charge in [0, 0.05) is 17.5 Å². The lowest BCUT2D eigenvalue weighted by Gasteiger charge is -2.46. The van der Waals surface area contributed by atoms with Gasteiger partial charge in [0.15, 0.2) is 6.54 Å². The second kappa shape index (κ2) is 20.2. The monoisotopic (exact) mass is 1130 g/mol. The van der Waals surface area contributed by atoms with Crippen molar-refractivity contribution in [3.05, 3.63) is 182 Å². The quantitative estimate of drug-likeness (QED) is 0.0851. The molecule has 408 valence electrons. The van der Waals surface area contributed by atoms with Crippen molar-refractivity contribution in [3.63, 3.8) is 0 Å². The maximum Gasteiger partial charge on any atom is 0.416 e. The van der Waals surface area contributed by atoms with Crippen molar-refractivity contribution in [2.24, 2.45) is 0 Å². The van der Waals surface area contributed by atoms with Crippen LogP contribution in [0.2, 0.25) is 0 Å². The van der Waals surface area contributed by atoms with Gasteiger partial charge in [0.05, 0.1) is 44.5 Å². The third-order valence-corrected chi connectivity index (χ3v) is 13.2. The van der Waals surface area contributed by atoms with Crippen molar-refractivity contribution >= 4 is 49.6 Å². The van der Waals surface area contributed by atoms with Crippen LogP contribution in [-0.4, -0.2) is 6.15 Å². The molecule has 0 N–H and O–H groups in total. The smallest absolute Gasteiger partial charge is 0.194 e. The van der Waals surface area contributed by atoms with Crippen molar-refractivity contribution in [1.29, 1.82) is 0 Å². The van der Waals surface area contributed by atoms with E-state index in [1.54, 1.807) is 0 Å². The van der Waals surface area contributed by atoms with E-state index in [-0.39, 0.29) is 0 Å². The van der Waals surface area contributed by atoms with E-state index in [1.165, 1.54) is 20.8 Å². The maximum absolute atomic E-state index is 14.2. The van der Waals surface area contributed by atoms with Crippen LogP contribution in [0.15, 0.2) is 127 Å². The summed E-state index contributed by atoms with van der Waals surface area (Å²) in [5.74, 6) is 0.557. The summed E-state index contributed by atoms with van der Waals surface area (Å²) in [6.07, 6.45) is -54.8. The Kier molecular flexibility index (Phi) is 15.6. The van der Waals surface area contributed by atoms with E-state index in [0.717, 1.165) is 6.54 Å². The van der Waals surface area contributed by atoms with Gasteiger partial charge in [-0.1, -0.05) is 116 Å². The van der Waals surface area contributed by atoms with Gasteiger partial charge in [-0.15, -0.1) is 0 Å². The van der Waals surface area contributed by atoms with Crippen molar-refractivity contribution < 1.29 is 110 Å². The van der Waals surface area contributed by atoms with Crippen LogP contribution in [0.25, 0.3) is 10.2 Å². The lowest BCUT2D eigenvalue weighted by Crippen LogP contribution is -2.75. The first-order chi connectivity index (χ1) is 34.5. The molecular weight excluding hydrogens is 1100 g/mol. The molecule has 27 heteroatoms. The van der Waals surface area contributed by atoms with Crippen LogP contribution in [-0.2, 0) is 56.0 Å². The molecule has 1 aromatic heterocycles. The summed E-state index contributed by atoms with van der Waals surface area (Å²) in [7, 11) is 0. The third kappa shape index (κ3) is 12.9. The zero-order valence-electron chi connectivity index (χ0n) is 37.9. The highest BCUT2D eigenvalue weighted by Gasteiger charge is 2.47. The van der Waals surface area contributed by atoms with E-state index in [1.807, 2.05) is 11.3 Å². The SMILES string of the molecule is CC(C)c1sc2ccccc2[n+]1Cc1ccccc1.FC(F)(F)c1cc([B-](c2cc(C(F)(F)F)cc(C(F)(F)F)c2)(c2cc(C(F)(F)F)cc(C(F)(F)F)c2)c2cc(C(F)(F)F)cc(C(F)(F)F)c2)cc(C(F)(F)F)c1. The lowest BCUT2D eigenvalue weighted by molar-refractivity contribution is -0.666. The molecule has 0 amide bonds. The Morgan fingerprint density at radius 1 is 0.355 bits per heavy atom. The van der Waals surface area contributed by atoms with Crippen LogP contribution in [0.4, 0.5) is 105 Å². The fourth-order valence-electron chi connectivity index (χ4n) is 8.48. The fraction of sp³-hybridized carbons (Fsp3) is 0.245. The highest BCUT2D eigenvalue weighted by Crippen LogP contribution is 2.41. The Morgan fingerprint density at radius 3 is 0.855 bits per heavy atom. The first-order valence-electron chi connectivity index (χ1n) is 21.3. The molecule has 0 spiro atoms. The summed E-state index contributed by atoms with van der Waals surface area (Å²) in [6.45, 7) is 5.50. The zero-order valence-corrected chi connectivity index (χ0v) is 38.7. The normalized spacial score (nSPS) is 13.6. The Morgan fingerprint density at radius 2 is 0.605 bits per heavy atom. The van der Waals surface area contributed by atoms with Crippen LogP contribution in [0.5, 0.6) is 0 Å².